The number of rotatable bonds is 2. The number of aromatic nitrogens is 2. The molecule has 0 bridgehead atoms. The minimum atomic E-state index is 0.528. The zero-order valence-corrected chi connectivity index (χ0v) is 9.80. The van der Waals surface area contributed by atoms with Gasteiger partial charge in [0.05, 0.1) is 5.69 Å². The zero-order valence-electron chi connectivity index (χ0n) is 9.80. The smallest absolute Gasteiger partial charge is 0.150 e. The van der Waals surface area contributed by atoms with Crippen LogP contribution in [0.1, 0.15) is 0 Å². The van der Waals surface area contributed by atoms with Crippen LogP contribution in [-0.2, 0) is 0 Å². The number of nitrogens with one attached hydrogen (secondary N) is 1. The van der Waals surface area contributed by atoms with Crippen molar-refractivity contribution in [1.82, 2.24) is 9.97 Å². The largest absolute Gasteiger partial charge is 0.382 e. The molecular weight excluding hydrogens is 222 g/mol. The molecule has 3 heteroatoms. The van der Waals surface area contributed by atoms with E-state index in [0.717, 1.165) is 22.6 Å². The van der Waals surface area contributed by atoms with Gasteiger partial charge in [0.25, 0.3) is 0 Å². The molecule has 1 aromatic heterocycles. The number of hydrogen-bond acceptors (Lipinski definition) is 2. The summed E-state index contributed by atoms with van der Waals surface area (Å²) in [6, 6.07) is 19.9. The van der Waals surface area contributed by atoms with Gasteiger partial charge in [-0.2, -0.15) is 0 Å². The Morgan fingerprint density at radius 3 is 1.94 bits per heavy atom. The second-order valence-electron chi connectivity index (χ2n) is 4.08. The van der Waals surface area contributed by atoms with Gasteiger partial charge in [0.1, 0.15) is 11.6 Å². The van der Waals surface area contributed by atoms with Crippen LogP contribution < -0.4 is 5.73 Å². The third-order valence-corrected chi connectivity index (χ3v) is 2.84. The first-order chi connectivity index (χ1) is 8.84. The molecule has 0 aliphatic carbocycles. The minimum Gasteiger partial charge on any atom is -0.382 e. The van der Waals surface area contributed by atoms with Crippen LogP contribution in [0.25, 0.3) is 22.6 Å². The minimum absolute atomic E-state index is 0.528. The highest BCUT2D eigenvalue weighted by molar-refractivity contribution is 5.74. The maximum absolute atomic E-state index is 5.97. The lowest BCUT2D eigenvalue weighted by atomic mass is 10.1. The lowest BCUT2D eigenvalue weighted by Gasteiger charge is -1.98. The number of aromatic amines is 1. The van der Waals surface area contributed by atoms with Crippen molar-refractivity contribution in [2.45, 2.75) is 0 Å². The Kier molecular flexibility index (Phi) is 2.57. The number of nitrogens with two attached hydrogens (primary N) is 1. The summed E-state index contributed by atoms with van der Waals surface area (Å²) in [5.41, 5.74) is 8.92. The molecule has 0 saturated heterocycles. The van der Waals surface area contributed by atoms with E-state index >= 15 is 0 Å². The molecule has 18 heavy (non-hydrogen) atoms. The lowest BCUT2D eigenvalue weighted by Crippen LogP contribution is -1.87. The zero-order chi connectivity index (χ0) is 12.4. The van der Waals surface area contributed by atoms with Gasteiger partial charge in [-0.25, -0.2) is 4.98 Å². The number of H-pyrrole nitrogens is 1. The summed E-state index contributed by atoms with van der Waals surface area (Å²) >= 11 is 0. The van der Waals surface area contributed by atoms with E-state index in [-0.39, 0.29) is 0 Å². The Morgan fingerprint density at radius 1 is 0.778 bits per heavy atom. The summed E-state index contributed by atoms with van der Waals surface area (Å²) in [4.78, 5) is 7.66. The molecule has 0 fully saturated rings. The van der Waals surface area contributed by atoms with Gasteiger partial charge in [0.15, 0.2) is 0 Å². The van der Waals surface area contributed by atoms with Gasteiger partial charge in [-0.05, 0) is 0 Å². The van der Waals surface area contributed by atoms with E-state index in [1.165, 1.54) is 0 Å². The van der Waals surface area contributed by atoms with E-state index in [4.69, 9.17) is 5.73 Å². The van der Waals surface area contributed by atoms with Gasteiger partial charge in [-0.15, -0.1) is 0 Å². The Labute approximate surface area is 105 Å². The normalized spacial score (nSPS) is 10.4. The first kappa shape index (κ1) is 10.6. The molecular formula is C15H13N3. The highest BCUT2D eigenvalue weighted by Gasteiger charge is 2.09. The SMILES string of the molecule is Nc1nc(-c2ccccc2)[nH]c1-c1ccccc1. The number of nitrogen functional groups attached to an aromatic ring is 1. The monoisotopic (exact) mass is 235 g/mol. The molecule has 3 N–H and O–H groups in total. The Morgan fingerprint density at radius 2 is 1.33 bits per heavy atom. The number of hydrogen-bond donors (Lipinski definition) is 2. The highest BCUT2D eigenvalue weighted by Crippen LogP contribution is 2.27. The summed E-state index contributed by atoms with van der Waals surface area (Å²) in [6.45, 7) is 0. The molecule has 0 aliphatic rings. The summed E-state index contributed by atoms with van der Waals surface area (Å²) in [7, 11) is 0. The van der Waals surface area contributed by atoms with Crippen LogP contribution >= 0.6 is 0 Å². The highest BCUT2D eigenvalue weighted by atomic mass is 15.0. The lowest BCUT2D eigenvalue weighted by molar-refractivity contribution is 1.31. The molecule has 3 aromatic rings. The van der Waals surface area contributed by atoms with E-state index in [1.807, 2.05) is 60.7 Å². The van der Waals surface area contributed by atoms with Crippen LogP contribution in [0.2, 0.25) is 0 Å². The number of benzene rings is 2. The van der Waals surface area contributed by atoms with Crippen molar-refractivity contribution in [1.29, 1.82) is 0 Å². The fourth-order valence-corrected chi connectivity index (χ4v) is 1.94. The van der Waals surface area contributed by atoms with E-state index < -0.39 is 0 Å². The summed E-state index contributed by atoms with van der Waals surface area (Å²) in [5, 5.41) is 0. The maximum atomic E-state index is 5.97. The number of anilines is 1. The molecule has 2 aromatic carbocycles. The van der Waals surface area contributed by atoms with Crippen LogP contribution in [0, 0.1) is 0 Å². The van der Waals surface area contributed by atoms with Crippen molar-refractivity contribution >= 4 is 5.82 Å². The first-order valence-corrected chi connectivity index (χ1v) is 5.81. The molecule has 0 amide bonds. The first-order valence-electron chi connectivity index (χ1n) is 5.81. The molecule has 0 unspecified atom stereocenters. The van der Waals surface area contributed by atoms with Crippen LogP contribution in [-0.4, -0.2) is 9.97 Å². The number of nitrogens with zero attached hydrogens (tertiary/aromatic N) is 1. The third kappa shape index (κ3) is 1.86. The van der Waals surface area contributed by atoms with Crippen molar-refractivity contribution in [2.24, 2.45) is 0 Å². The average Bonchev–Trinajstić information content (AvgIpc) is 2.83. The molecule has 0 radical (unpaired) electrons. The van der Waals surface area contributed by atoms with Crippen molar-refractivity contribution in [2.75, 3.05) is 5.73 Å². The van der Waals surface area contributed by atoms with Crippen LogP contribution in [0.5, 0.6) is 0 Å². The van der Waals surface area contributed by atoms with Gasteiger partial charge in [0, 0.05) is 11.1 Å². The summed E-state index contributed by atoms with van der Waals surface area (Å²) in [6.07, 6.45) is 0. The van der Waals surface area contributed by atoms with Crippen molar-refractivity contribution < 1.29 is 0 Å². The molecule has 0 aliphatic heterocycles. The predicted octanol–water partition coefficient (Wildman–Crippen LogP) is 3.33. The fraction of sp³-hybridized carbons (Fsp3) is 0. The van der Waals surface area contributed by atoms with E-state index in [0.29, 0.717) is 5.82 Å². The van der Waals surface area contributed by atoms with Crippen molar-refractivity contribution in [3.8, 4) is 22.6 Å². The van der Waals surface area contributed by atoms with Crippen molar-refractivity contribution in [3.63, 3.8) is 0 Å². The predicted molar refractivity (Wildman–Crippen MR) is 73.9 cm³/mol. The van der Waals surface area contributed by atoms with Gasteiger partial charge in [-0.1, -0.05) is 60.7 Å². The molecule has 0 atom stereocenters. The topological polar surface area (TPSA) is 54.7 Å². The van der Waals surface area contributed by atoms with Gasteiger partial charge >= 0.3 is 0 Å². The van der Waals surface area contributed by atoms with E-state index in [9.17, 15) is 0 Å². The standard InChI is InChI=1S/C15H13N3/c16-14-13(11-7-3-1-4-8-11)17-15(18-14)12-9-5-2-6-10-12/h1-10H,16H2,(H,17,18). The summed E-state index contributed by atoms with van der Waals surface area (Å²) < 4.78 is 0. The van der Waals surface area contributed by atoms with Crippen LogP contribution in [0.4, 0.5) is 5.82 Å². The molecule has 88 valence electrons. The van der Waals surface area contributed by atoms with Crippen molar-refractivity contribution in [3.05, 3.63) is 60.7 Å². The average molecular weight is 235 g/mol. The van der Waals surface area contributed by atoms with Crippen LogP contribution in [0.3, 0.4) is 0 Å². The quantitative estimate of drug-likeness (QED) is 0.715. The Bertz CT molecular complexity index is 642. The second kappa shape index (κ2) is 4.37. The Hall–Kier alpha value is -2.55. The van der Waals surface area contributed by atoms with E-state index in [1.54, 1.807) is 0 Å². The fourth-order valence-electron chi connectivity index (χ4n) is 1.94. The van der Waals surface area contributed by atoms with E-state index in [2.05, 4.69) is 9.97 Å². The Balaban J connectivity index is 2.07. The summed E-state index contributed by atoms with van der Waals surface area (Å²) in [5.74, 6) is 1.33. The molecule has 1 heterocycles. The van der Waals surface area contributed by atoms with Gasteiger partial charge in [0.2, 0.25) is 0 Å². The van der Waals surface area contributed by atoms with Gasteiger partial charge < -0.3 is 10.7 Å². The molecule has 0 saturated carbocycles. The maximum Gasteiger partial charge on any atom is 0.150 e. The van der Waals surface area contributed by atoms with Crippen LogP contribution in [0.15, 0.2) is 60.7 Å². The number of imidazole rings is 1. The molecule has 0 spiro atoms. The second-order valence-corrected chi connectivity index (χ2v) is 4.08. The molecule has 3 nitrogen and oxygen atoms in total. The molecule has 3 rings (SSSR count). The van der Waals surface area contributed by atoms with Gasteiger partial charge in [-0.3, -0.25) is 0 Å². The third-order valence-electron chi connectivity index (χ3n) is 2.84.